The lowest BCUT2D eigenvalue weighted by atomic mass is 9.95. The average Bonchev–Trinajstić information content (AvgIpc) is 2.79. The summed E-state index contributed by atoms with van der Waals surface area (Å²) in [5.41, 5.74) is 2.77. The fourth-order valence-corrected chi connectivity index (χ4v) is 4.16. The predicted octanol–water partition coefficient (Wildman–Crippen LogP) is 5.97. The number of para-hydroxylation sites is 1. The van der Waals surface area contributed by atoms with E-state index in [9.17, 15) is 4.79 Å². The van der Waals surface area contributed by atoms with Crippen LogP contribution in [0.25, 0.3) is 0 Å². The third kappa shape index (κ3) is 5.66. The van der Waals surface area contributed by atoms with Crippen molar-refractivity contribution >= 4 is 46.5 Å². The number of hydrogen-bond acceptors (Lipinski definition) is 4. The van der Waals surface area contributed by atoms with E-state index in [1.54, 1.807) is 31.2 Å². The number of rotatable bonds is 6. The summed E-state index contributed by atoms with van der Waals surface area (Å²) >= 11 is 17.5. The van der Waals surface area contributed by atoms with Crippen LogP contribution in [0.5, 0.6) is 11.5 Å². The highest BCUT2D eigenvalue weighted by Gasteiger charge is 2.31. The van der Waals surface area contributed by atoms with Crippen LogP contribution >= 0.6 is 35.4 Å². The molecular formula is C25H20Cl2N2O3S. The second-order valence-electron chi connectivity index (χ2n) is 7.37. The van der Waals surface area contributed by atoms with Crippen molar-refractivity contribution in [2.75, 3.05) is 0 Å². The fraction of sp³-hybridized carbons (Fsp3) is 0.120. The van der Waals surface area contributed by atoms with Gasteiger partial charge in [0.1, 0.15) is 18.1 Å². The summed E-state index contributed by atoms with van der Waals surface area (Å²) in [6.07, 6.45) is 0. The van der Waals surface area contributed by atoms with E-state index in [0.717, 1.165) is 11.1 Å². The average molecular weight is 499 g/mol. The highest BCUT2D eigenvalue weighted by atomic mass is 35.5. The van der Waals surface area contributed by atoms with Crippen LogP contribution in [0.3, 0.4) is 0 Å². The molecule has 0 aliphatic carbocycles. The van der Waals surface area contributed by atoms with Gasteiger partial charge in [-0.3, -0.25) is 0 Å². The lowest BCUT2D eigenvalue weighted by molar-refractivity contribution is -0.130. The fourth-order valence-electron chi connectivity index (χ4n) is 3.42. The lowest BCUT2D eigenvalue weighted by Gasteiger charge is -2.30. The number of ether oxygens (including phenoxy) is 2. The van der Waals surface area contributed by atoms with Crippen molar-refractivity contribution < 1.29 is 14.3 Å². The number of halogens is 2. The molecule has 1 aliphatic rings. The van der Waals surface area contributed by atoms with Crippen LogP contribution in [0.1, 0.15) is 24.1 Å². The number of esters is 1. The Morgan fingerprint density at radius 3 is 2.42 bits per heavy atom. The van der Waals surface area contributed by atoms with Crippen molar-refractivity contribution in [2.45, 2.75) is 19.6 Å². The Kier molecular flexibility index (Phi) is 7.18. The molecule has 0 bridgehead atoms. The van der Waals surface area contributed by atoms with Crippen LogP contribution in [0, 0.1) is 0 Å². The summed E-state index contributed by atoms with van der Waals surface area (Å²) in [5, 5.41) is 7.73. The Balaban J connectivity index is 1.51. The molecule has 0 saturated carbocycles. The van der Waals surface area contributed by atoms with Gasteiger partial charge in [0.25, 0.3) is 0 Å². The molecule has 0 spiro atoms. The Labute approximate surface area is 207 Å². The minimum absolute atomic E-state index is 0.304. The van der Waals surface area contributed by atoms with E-state index in [0.29, 0.717) is 44.5 Å². The van der Waals surface area contributed by atoms with Gasteiger partial charge in [0.05, 0.1) is 11.6 Å². The maximum atomic E-state index is 13.0. The standard InChI is InChI=1S/C25H20Cl2N2O3S/c1-15-22(24(30)32-20-5-3-2-4-6-20)23(29-25(33)28-15)16-8-11-19(12-9-16)31-14-17-7-10-18(26)13-21(17)27/h2-13,23H,14H2,1H3,(H2,28,29,33). The lowest BCUT2D eigenvalue weighted by Crippen LogP contribution is -2.45. The molecule has 33 heavy (non-hydrogen) atoms. The van der Waals surface area contributed by atoms with Gasteiger partial charge in [-0.1, -0.05) is 59.6 Å². The third-order valence-electron chi connectivity index (χ3n) is 5.07. The molecule has 2 N–H and O–H groups in total. The number of thiocarbonyl (C=S) groups is 1. The molecule has 5 nitrogen and oxygen atoms in total. The van der Waals surface area contributed by atoms with Gasteiger partial charge in [-0.05, 0) is 61.1 Å². The molecule has 1 heterocycles. The number of allylic oxidation sites excluding steroid dienone is 1. The van der Waals surface area contributed by atoms with Crippen LogP contribution in [0.15, 0.2) is 84.1 Å². The number of benzene rings is 3. The first-order valence-corrected chi connectivity index (χ1v) is 11.3. The number of nitrogens with one attached hydrogen (secondary N) is 2. The second-order valence-corrected chi connectivity index (χ2v) is 8.62. The smallest absolute Gasteiger partial charge is 0.343 e. The molecule has 1 unspecified atom stereocenters. The second kappa shape index (κ2) is 10.3. The minimum Gasteiger partial charge on any atom is -0.489 e. The minimum atomic E-state index is -0.463. The zero-order chi connectivity index (χ0) is 23.4. The van der Waals surface area contributed by atoms with E-state index in [2.05, 4.69) is 10.6 Å². The van der Waals surface area contributed by atoms with E-state index in [4.69, 9.17) is 44.9 Å². The molecule has 0 amide bonds. The van der Waals surface area contributed by atoms with Crippen molar-refractivity contribution in [3.63, 3.8) is 0 Å². The Morgan fingerprint density at radius 2 is 1.73 bits per heavy atom. The van der Waals surface area contributed by atoms with Gasteiger partial charge in [-0.15, -0.1) is 0 Å². The summed E-state index contributed by atoms with van der Waals surface area (Å²) in [6, 6.07) is 21.2. The van der Waals surface area contributed by atoms with Crippen LogP contribution in [0.4, 0.5) is 0 Å². The van der Waals surface area contributed by atoms with Crippen LogP contribution in [-0.4, -0.2) is 11.1 Å². The van der Waals surface area contributed by atoms with Crippen molar-refractivity contribution in [3.8, 4) is 11.5 Å². The Bertz CT molecular complexity index is 1210. The first kappa shape index (κ1) is 23.1. The highest BCUT2D eigenvalue weighted by molar-refractivity contribution is 7.80. The normalized spacial score (nSPS) is 15.5. The number of carbonyl (C=O) groups excluding carboxylic acids is 1. The molecule has 168 valence electrons. The summed E-state index contributed by atoms with van der Waals surface area (Å²) in [6.45, 7) is 2.10. The summed E-state index contributed by atoms with van der Waals surface area (Å²) in [7, 11) is 0. The monoisotopic (exact) mass is 498 g/mol. The predicted molar refractivity (Wildman–Crippen MR) is 134 cm³/mol. The van der Waals surface area contributed by atoms with Crippen molar-refractivity contribution in [1.82, 2.24) is 10.6 Å². The van der Waals surface area contributed by atoms with E-state index in [1.807, 2.05) is 48.5 Å². The van der Waals surface area contributed by atoms with E-state index in [1.165, 1.54) is 0 Å². The Morgan fingerprint density at radius 1 is 1.00 bits per heavy atom. The van der Waals surface area contributed by atoms with Crippen molar-refractivity contribution in [3.05, 3.63) is 105 Å². The zero-order valence-electron chi connectivity index (χ0n) is 17.6. The molecule has 0 radical (unpaired) electrons. The molecule has 0 fully saturated rings. The first-order chi connectivity index (χ1) is 15.9. The molecule has 0 saturated heterocycles. The molecule has 3 aromatic carbocycles. The molecule has 3 aromatic rings. The molecule has 8 heteroatoms. The van der Waals surface area contributed by atoms with Gasteiger partial charge < -0.3 is 20.1 Å². The van der Waals surface area contributed by atoms with E-state index >= 15 is 0 Å². The topological polar surface area (TPSA) is 59.6 Å². The molecule has 0 aromatic heterocycles. The quantitative estimate of drug-likeness (QED) is 0.248. The molecular weight excluding hydrogens is 479 g/mol. The van der Waals surface area contributed by atoms with Crippen LogP contribution in [0.2, 0.25) is 10.0 Å². The Hall–Kier alpha value is -3.06. The van der Waals surface area contributed by atoms with E-state index in [-0.39, 0.29) is 0 Å². The van der Waals surface area contributed by atoms with Crippen LogP contribution < -0.4 is 20.1 Å². The maximum Gasteiger partial charge on any atom is 0.343 e. The van der Waals surface area contributed by atoms with Gasteiger partial charge in [-0.2, -0.15) is 0 Å². The van der Waals surface area contributed by atoms with Gasteiger partial charge in [0.15, 0.2) is 5.11 Å². The van der Waals surface area contributed by atoms with Gasteiger partial charge >= 0.3 is 5.97 Å². The summed E-state index contributed by atoms with van der Waals surface area (Å²) in [5.74, 6) is 0.679. The summed E-state index contributed by atoms with van der Waals surface area (Å²) in [4.78, 5) is 13.0. The van der Waals surface area contributed by atoms with E-state index < -0.39 is 12.0 Å². The van der Waals surface area contributed by atoms with Gasteiger partial charge in [0.2, 0.25) is 0 Å². The van der Waals surface area contributed by atoms with Gasteiger partial charge in [0, 0.05) is 21.3 Å². The highest BCUT2D eigenvalue weighted by Crippen LogP contribution is 2.30. The largest absolute Gasteiger partial charge is 0.489 e. The molecule has 4 rings (SSSR count). The molecule has 1 atom stereocenters. The molecule has 1 aliphatic heterocycles. The zero-order valence-corrected chi connectivity index (χ0v) is 19.9. The maximum absolute atomic E-state index is 13.0. The SMILES string of the molecule is CC1=C(C(=O)Oc2ccccc2)C(c2ccc(OCc3ccc(Cl)cc3Cl)cc2)NC(=S)N1. The first-order valence-electron chi connectivity index (χ1n) is 10.1. The number of hydrogen-bond donors (Lipinski definition) is 2. The summed E-state index contributed by atoms with van der Waals surface area (Å²) < 4.78 is 11.4. The van der Waals surface area contributed by atoms with Gasteiger partial charge in [-0.25, -0.2) is 4.79 Å². The van der Waals surface area contributed by atoms with Crippen LogP contribution in [-0.2, 0) is 11.4 Å². The third-order valence-corrected chi connectivity index (χ3v) is 5.87. The van der Waals surface area contributed by atoms with Crippen molar-refractivity contribution in [1.29, 1.82) is 0 Å². The number of carbonyl (C=O) groups is 1. The van der Waals surface area contributed by atoms with Crippen molar-refractivity contribution in [2.24, 2.45) is 0 Å².